The first kappa shape index (κ1) is 14.7. The number of carbonyl (C=O) groups excluding carboxylic acids is 2. The summed E-state index contributed by atoms with van der Waals surface area (Å²) in [5.74, 6) is -0.0545. The first-order chi connectivity index (χ1) is 10.1. The molecule has 7 nitrogen and oxygen atoms in total. The fourth-order valence-electron chi connectivity index (χ4n) is 1.75. The Labute approximate surface area is 122 Å². The number of hydrogen-bond donors (Lipinski definition) is 0. The van der Waals surface area contributed by atoms with Crippen molar-refractivity contribution in [2.75, 3.05) is 20.2 Å². The van der Waals surface area contributed by atoms with E-state index < -0.39 is 5.97 Å². The lowest BCUT2D eigenvalue weighted by Crippen LogP contribution is -2.33. The Kier molecular flexibility index (Phi) is 4.65. The van der Waals surface area contributed by atoms with Gasteiger partial charge in [0.15, 0.2) is 0 Å². The Morgan fingerprint density at radius 1 is 1.38 bits per heavy atom. The molecule has 0 saturated carbocycles. The molecule has 2 aromatic heterocycles. The number of likely N-dealkylation sites (N-methyl/N-ethyl adjacent to an activating group) is 1. The number of amides is 1. The zero-order chi connectivity index (χ0) is 15.2. The second-order valence-electron chi connectivity index (χ2n) is 4.34. The summed E-state index contributed by atoms with van der Waals surface area (Å²) in [5, 5.41) is 0. The molecule has 0 saturated heterocycles. The van der Waals surface area contributed by atoms with Crippen LogP contribution in [0.5, 0.6) is 0 Å². The third kappa shape index (κ3) is 3.65. The fourth-order valence-corrected chi connectivity index (χ4v) is 1.75. The van der Waals surface area contributed by atoms with Crippen molar-refractivity contribution in [2.45, 2.75) is 6.92 Å². The number of rotatable bonds is 5. The fraction of sp³-hybridized carbons (Fsp3) is 0.286. The second kappa shape index (κ2) is 6.65. The van der Waals surface area contributed by atoms with E-state index in [9.17, 15) is 9.59 Å². The normalized spacial score (nSPS) is 10.2. The average Bonchev–Trinajstić information content (AvgIpc) is 3.01. The van der Waals surface area contributed by atoms with Gasteiger partial charge in [-0.05, 0) is 19.1 Å². The average molecular weight is 288 g/mol. The summed E-state index contributed by atoms with van der Waals surface area (Å²) in [7, 11) is 1.54. The quantitative estimate of drug-likeness (QED) is 0.764. The molecule has 0 fully saturated rings. The second-order valence-corrected chi connectivity index (χ2v) is 4.34. The van der Waals surface area contributed by atoms with E-state index in [4.69, 9.17) is 4.74 Å². The van der Waals surface area contributed by atoms with Crippen LogP contribution >= 0.6 is 0 Å². The van der Waals surface area contributed by atoms with Crippen LogP contribution in [0.4, 0.5) is 0 Å². The maximum absolute atomic E-state index is 12.1. The van der Waals surface area contributed by atoms with E-state index in [1.54, 1.807) is 49.4 Å². The van der Waals surface area contributed by atoms with Gasteiger partial charge in [-0.15, -0.1) is 0 Å². The van der Waals surface area contributed by atoms with Crippen LogP contribution in [0.2, 0.25) is 0 Å². The Balaban J connectivity index is 2.04. The van der Waals surface area contributed by atoms with Gasteiger partial charge in [-0.1, -0.05) is 0 Å². The van der Waals surface area contributed by atoms with Crippen molar-refractivity contribution in [3.8, 4) is 5.82 Å². The lowest BCUT2D eigenvalue weighted by Gasteiger charge is -2.16. The first-order valence-corrected chi connectivity index (χ1v) is 6.47. The van der Waals surface area contributed by atoms with Crippen molar-refractivity contribution in [1.82, 2.24) is 19.4 Å². The van der Waals surface area contributed by atoms with E-state index >= 15 is 0 Å². The van der Waals surface area contributed by atoms with Gasteiger partial charge < -0.3 is 9.64 Å². The molecule has 0 spiro atoms. The molecule has 0 N–H and O–H groups in total. The molecule has 7 heteroatoms. The van der Waals surface area contributed by atoms with Gasteiger partial charge in [-0.25, -0.2) is 9.97 Å². The van der Waals surface area contributed by atoms with E-state index in [0.717, 1.165) is 0 Å². The highest BCUT2D eigenvalue weighted by Gasteiger charge is 2.16. The van der Waals surface area contributed by atoms with Crippen molar-refractivity contribution in [3.05, 3.63) is 42.6 Å². The molecule has 0 radical (unpaired) electrons. The molecule has 0 bridgehead atoms. The highest BCUT2D eigenvalue weighted by atomic mass is 16.5. The zero-order valence-corrected chi connectivity index (χ0v) is 11.9. The molecule has 0 aliphatic carbocycles. The van der Waals surface area contributed by atoms with Crippen LogP contribution in [-0.2, 0) is 9.53 Å². The van der Waals surface area contributed by atoms with Gasteiger partial charge in [-0.2, -0.15) is 0 Å². The number of pyridine rings is 1. The molecule has 0 unspecified atom stereocenters. The number of imidazole rings is 1. The van der Waals surface area contributed by atoms with Crippen LogP contribution in [-0.4, -0.2) is 51.5 Å². The maximum Gasteiger partial charge on any atom is 0.325 e. The Morgan fingerprint density at radius 2 is 2.19 bits per heavy atom. The molecule has 2 aromatic rings. The summed E-state index contributed by atoms with van der Waals surface area (Å²) >= 11 is 0. The Bertz CT molecular complexity index is 608. The van der Waals surface area contributed by atoms with Crippen LogP contribution in [0.15, 0.2) is 37.1 Å². The molecule has 2 rings (SSSR count). The van der Waals surface area contributed by atoms with Crippen LogP contribution in [0.3, 0.4) is 0 Å². The standard InChI is InChI=1S/C14H16N4O3/c1-3-21-13(19)9-17(2)14(20)11-4-5-12(16-8-11)18-7-6-15-10-18/h4-8,10H,3,9H2,1-2H3. The minimum absolute atomic E-state index is 0.0874. The number of ether oxygens (including phenoxy) is 1. The lowest BCUT2D eigenvalue weighted by molar-refractivity contribution is -0.143. The predicted molar refractivity (Wildman–Crippen MR) is 75.0 cm³/mol. The van der Waals surface area contributed by atoms with Crippen LogP contribution in [0, 0.1) is 0 Å². The van der Waals surface area contributed by atoms with Crippen LogP contribution in [0.1, 0.15) is 17.3 Å². The number of nitrogens with zero attached hydrogens (tertiary/aromatic N) is 4. The molecule has 0 atom stereocenters. The summed E-state index contributed by atoms with van der Waals surface area (Å²) in [5.41, 5.74) is 0.408. The van der Waals surface area contributed by atoms with Crippen molar-refractivity contribution in [3.63, 3.8) is 0 Å². The topological polar surface area (TPSA) is 77.3 Å². The Morgan fingerprint density at radius 3 is 2.76 bits per heavy atom. The highest BCUT2D eigenvalue weighted by molar-refractivity contribution is 5.95. The predicted octanol–water partition coefficient (Wildman–Crippen LogP) is 0.902. The molecule has 21 heavy (non-hydrogen) atoms. The van der Waals surface area contributed by atoms with Gasteiger partial charge in [0.25, 0.3) is 5.91 Å². The molecule has 0 aliphatic rings. The van der Waals surface area contributed by atoms with Gasteiger partial charge >= 0.3 is 5.97 Å². The van der Waals surface area contributed by atoms with Crippen molar-refractivity contribution >= 4 is 11.9 Å². The van der Waals surface area contributed by atoms with Gasteiger partial charge in [0.1, 0.15) is 18.7 Å². The minimum Gasteiger partial charge on any atom is -0.465 e. The van der Waals surface area contributed by atoms with Gasteiger partial charge in [-0.3, -0.25) is 14.2 Å². The summed E-state index contributed by atoms with van der Waals surface area (Å²) in [6, 6.07) is 3.37. The van der Waals surface area contributed by atoms with Crippen molar-refractivity contribution in [1.29, 1.82) is 0 Å². The number of aromatic nitrogens is 3. The van der Waals surface area contributed by atoms with Crippen LogP contribution in [0.25, 0.3) is 5.82 Å². The lowest BCUT2D eigenvalue weighted by atomic mass is 10.2. The number of esters is 1. The van der Waals surface area contributed by atoms with Gasteiger partial charge in [0.2, 0.25) is 0 Å². The molecular weight excluding hydrogens is 272 g/mol. The minimum atomic E-state index is -0.434. The molecule has 1 amide bonds. The SMILES string of the molecule is CCOC(=O)CN(C)C(=O)c1ccc(-n2ccnc2)nc1. The summed E-state index contributed by atoms with van der Waals surface area (Å²) in [6.07, 6.45) is 6.50. The molecule has 2 heterocycles. The molecular formula is C14H16N4O3. The molecule has 0 aliphatic heterocycles. The molecule has 110 valence electrons. The Hall–Kier alpha value is -2.70. The van der Waals surface area contributed by atoms with Crippen molar-refractivity contribution < 1.29 is 14.3 Å². The van der Waals surface area contributed by atoms with E-state index in [2.05, 4.69) is 9.97 Å². The highest BCUT2D eigenvalue weighted by Crippen LogP contribution is 2.07. The third-order valence-electron chi connectivity index (χ3n) is 2.78. The summed E-state index contributed by atoms with van der Waals surface area (Å²) in [6.45, 7) is 1.93. The molecule has 0 aromatic carbocycles. The number of hydrogen-bond acceptors (Lipinski definition) is 5. The van der Waals surface area contributed by atoms with Crippen molar-refractivity contribution in [2.24, 2.45) is 0 Å². The number of carbonyl (C=O) groups is 2. The maximum atomic E-state index is 12.1. The van der Waals surface area contributed by atoms with E-state index in [1.165, 1.54) is 11.1 Å². The zero-order valence-electron chi connectivity index (χ0n) is 11.9. The van der Waals surface area contributed by atoms with Gasteiger partial charge in [0.05, 0.1) is 12.2 Å². The van der Waals surface area contributed by atoms with Gasteiger partial charge in [0, 0.05) is 25.6 Å². The van der Waals surface area contributed by atoms with E-state index in [0.29, 0.717) is 18.0 Å². The summed E-state index contributed by atoms with van der Waals surface area (Å²) in [4.78, 5) is 32.9. The smallest absolute Gasteiger partial charge is 0.325 e. The van der Waals surface area contributed by atoms with E-state index in [-0.39, 0.29) is 12.5 Å². The first-order valence-electron chi connectivity index (χ1n) is 6.47. The monoisotopic (exact) mass is 288 g/mol. The summed E-state index contributed by atoms with van der Waals surface area (Å²) < 4.78 is 6.54. The third-order valence-corrected chi connectivity index (χ3v) is 2.78. The van der Waals surface area contributed by atoms with E-state index in [1.807, 2.05) is 0 Å². The van der Waals surface area contributed by atoms with Crippen LogP contribution < -0.4 is 0 Å². The largest absolute Gasteiger partial charge is 0.465 e.